The highest BCUT2D eigenvalue weighted by Crippen LogP contribution is 2.01. The van der Waals surface area contributed by atoms with E-state index < -0.39 is 0 Å². The average molecular weight is 187 g/mol. The van der Waals surface area contributed by atoms with Crippen LogP contribution in [-0.4, -0.2) is 24.5 Å². The van der Waals surface area contributed by atoms with Crippen LogP contribution in [0.25, 0.3) is 0 Å². The molecule has 0 spiro atoms. The van der Waals surface area contributed by atoms with Gasteiger partial charge in [0.15, 0.2) is 0 Å². The van der Waals surface area contributed by atoms with Crippen LogP contribution in [0.3, 0.4) is 0 Å². The summed E-state index contributed by atoms with van der Waals surface area (Å²) >= 11 is 0. The monoisotopic (exact) mass is 187 g/mol. The highest BCUT2D eigenvalue weighted by Gasteiger charge is 2.01. The molecule has 0 rings (SSSR count). The molecule has 0 saturated carbocycles. The molecule has 0 aromatic heterocycles. The average Bonchev–Trinajstić information content (AvgIpc) is 2.15. The van der Waals surface area contributed by atoms with E-state index in [0.29, 0.717) is 0 Å². The number of hydrogen-bond donors (Lipinski definition) is 0. The molecule has 0 amide bonds. The van der Waals surface area contributed by atoms with Crippen molar-refractivity contribution in [3.05, 3.63) is 0 Å². The van der Waals surface area contributed by atoms with Crippen LogP contribution in [0.4, 0.5) is 0 Å². The zero-order valence-electron chi connectivity index (χ0n) is 10.6. The van der Waals surface area contributed by atoms with Gasteiger partial charge in [-0.1, -0.05) is 41.5 Å². The van der Waals surface area contributed by atoms with Crippen molar-refractivity contribution in [1.29, 1.82) is 0 Å². The van der Waals surface area contributed by atoms with Gasteiger partial charge in [-0.3, -0.25) is 0 Å². The summed E-state index contributed by atoms with van der Waals surface area (Å²) in [7, 11) is 0. The summed E-state index contributed by atoms with van der Waals surface area (Å²) in [6, 6.07) is 0. The maximum absolute atomic E-state index is 2.53. The first-order valence-electron chi connectivity index (χ1n) is 5.93. The van der Waals surface area contributed by atoms with Crippen LogP contribution < -0.4 is 0 Å². The van der Waals surface area contributed by atoms with Crippen molar-refractivity contribution >= 4 is 0 Å². The zero-order valence-corrected chi connectivity index (χ0v) is 10.6. The summed E-state index contributed by atoms with van der Waals surface area (Å²) in [5.74, 6) is 0.848. The van der Waals surface area contributed by atoms with Gasteiger partial charge in [0, 0.05) is 0 Å². The Bertz CT molecular complexity index is 79.2. The minimum absolute atomic E-state index is 0.848. The lowest BCUT2D eigenvalue weighted by atomic mass is 10.1. The van der Waals surface area contributed by atoms with Gasteiger partial charge < -0.3 is 4.90 Å². The summed E-state index contributed by atoms with van der Waals surface area (Å²) < 4.78 is 0. The van der Waals surface area contributed by atoms with E-state index in [1.54, 1.807) is 0 Å². The minimum Gasteiger partial charge on any atom is -0.304 e. The molecular weight excluding hydrogens is 158 g/mol. The normalized spacial score (nSPS) is 10.2. The van der Waals surface area contributed by atoms with Gasteiger partial charge >= 0.3 is 0 Å². The molecule has 0 aromatic carbocycles. The maximum Gasteiger partial charge on any atom is -0.00164 e. The quantitative estimate of drug-likeness (QED) is 0.611. The highest BCUT2D eigenvalue weighted by molar-refractivity contribution is 4.55. The van der Waals surface area contributed by atoms with Gasteiger partial charge in [0.2, 0.25) is 0 Å². The molecule has 0 bridgehead atoms. The second kappa shape index (κ2) is 12.0. The molecule has 0 aromatic rings. The Kier molecular flexibility index (Phi) is 14.2. The first kappa shape index (κ1) is 15.4. The van der Waals surface area contributed by atoms with Crippen molar-refractivity contribution in [2.24, 2.45) is 5.92 Å². The van der Waals surface area contributed by atoms with Crippen LogP contribution in [0.15, 0.2) is 0 Å². The summed E-state index contributed by atoms with van der Waals surface area (Å²) in [5.41, 5.74) is 0. The van der Waals surface area contributed by atoms with E-state index in [-0.39, 0.29) is 0 Å². The molecule has 13 heavy (non-hydrogen) atoms. The van der Waals surface area contributed by atoms with Crippen LogP contribution in [0.1, 0.15) is 54.4 Å². The molecule has 0 radical (unpaired) electrons. The lowest BCUT2D eigenvalue weighted by Gasteiger charge is -2.20. The van der Waals surface area contributed by atoms with Gasteiger partial charge in [-0.15, -0.1) is 0 Å². The van der Waals surface area contributed by atoms with Gasteiger partial charge in [0.05, 0.1) is 0 Å². The molecule has 0 atom stereocenters. The molecule has 1 nitrogen and oxygen atoms in total. The number of hydrogen-bond acceptors (Lipinski definition) is 1. The van der Waals surface area contributed by atoms with Crippen molar-refractivity contribution in [2.75, 3.05) is 19.6 Å². The smallest absolute Gasteiger partial charge is 0.00164 e. The van der Waals surface area contributed by atoms with E-state index in [9.17, 15) is 0 Å². The predicted molar refractivity (Wildman–Crippen MR) is 63.2 cm³/mol. The fraction of sp³-hybridized carbons (Fsp3) is 1.00. The second-order valence-corrected chi connectivity index (χ2v) is 3.62. The van der Waals surface area contributed by atoms with Crippen molar-refractivity contribution in [3.63, 3.8) is 0 Å². The van der Waals surface area contributed by atoms with Gasteiger partial charge in [-0.05, 0) is 38.4 Å². The van der Waals surface area contributed by atoms with E-state index >= 15 is 0 Å². The van der Waals surface area contributed by atoms with E-state index in [0.717, 1.165) is 5.92 Å². The van der Waals surface area contributed by atoms with Crippen LogP contribution in [0, 0.1) is 5.92 Å². The Morgan fingerprint density at radius 3 is 1.85 bits per heavy atom. The molecule has 0 saturated heterocycles. The summed E-state index contributed by atoms with van der Waals surface area (Å²) in [6.07, 6.45) is 2.62. The number of rotatable bonds is 6. The van der Waals surface area contributed by atoms with Gasteiger partial charge in [0.1, 0.15) is 0 Å². The predicted octanol–water partition coefficient (Wildman–Crippen LogP) is 3.79. The minimum atomic E-state index is 0.848. The molecular formula is C12H29N. The van der Waals surface area contributed by atoms with E-state index in [2.05, 4.69) is 32.6 Å². The van der Waals surface area contributed by atoms with Crippen LogP contribution >= 0.6 is 0 Å². The molecule has 0 fully saturated rings. The molecule has 82 valence electrons. The molecule has 0 aliphatic carbocycles. The van der Waals surface area contributed by atoms with Crippen LogP contribution in [0.2, 0.25) is 0 Å². The Labute approximate surface area is 85.5 Å². The lowest BCUT2D eigenvalue weighted by molar-refractivity contribution is 0.271. The van der Waals surface area contributed by atoms with E-state index in [1.165, 1.54) is 32.5 Å². The van der Waals surface area contributed by atoms with E-state index in [4.69, 9.17) is 0 Å². The Balaban J connectivity index is 0. The molecule has 1 heteroatoms. The molecule has 0 unspecified atom stereocenters. The molecule has 0 aliphatic rings. The third kappa shape index (κ3) is 12.0. The van der Waals surface area contributed by atoms with Crippen molar-refractivity contribution in [3.8, 4) is 0 Å². The first-order valence-corrected chi connectivity index (χ1v) is 5.93. The van der Waals surface area contributed by atoms with Crippen molar-refractivity contribution < 1.29 is 0 Å². The van der Waals surface area contributed by atoms with Crippen molar-refractivity contribution in [1.82, 2.24) is 4.90 Å². The fourth-order valence-corrected chi connectivity index (χ4v) is 1.19. The van der Waals surface area contributed by atoms with Crippen LogP contribution in [0.5, 0.6) is 0 Å². The van der Waals surface area contributed by atoms with Crippen molar-refractivity contribution in [2.45, 2.75) is 54.4 Å². The Morgan fingerprint density at radius 1 is 1.00 bits per heavy atom. The summed E-state index contributed by atoms with van der Waals surface area (Å²) in [4.78, 5) is 2.53. The Hall–Kier alpha value is -0.0400. The molecule has 0 heterocycles. The maximum atomic E-state index is 2.53. The SMILES string of the molecule is CC.CCCN(CC)CCC(C)C. The topological polar surface area (TPSA) is 3.24 Å². The highest BCUT2D eigenvalue weighted by atomic mass is 15.1. The fourth-order valence-electron chi connectivity index (χ4n) is 1.19. The van der Waals surface area contributed by atoms with Gasteiger partial charge in [0.25, 0.3) is 0 Å². The summed E-state index contributed by atoms with van der Waals surface area (Å²) in [6.45, 7) is 16.8. The largest absolute Gasteiger partial charge is 0.304 e. The first-order chi connectivity index (χ1) is 6.20. The standard InChI is InChI=1S/C10H23N.C2H6/c1-5-8-11(6-2)9-7-10(3)4;1-2/h10H,5-9H2,1-4H3;1-2H3. The third-order valence-corrected chi connectivity index (χ3v) is 2.01. The Morgan fingerprint density at radius 2 is 1.54 bits per heavy atom. The zero-order chi connectivity index (χ0) is 10.7. The second-order valence-electron chi connectivity index (χ2n) is 3.62. The lowest BCUT2D eigenvalue weighted by Crippen LogP contribution is -2.26. The third-order valence-electron chi connectivity index (χ3n) is 2.01. The summed E-state index contributed by atoms with van der Waals surface area (Å²) in [5, 5.41) is 0. The van der Waals surface area contributed by atoms with Gasteiger partial charge in [-0.2, -0.15) is 0 Å². The molecule has 0 aliphatic heterocycles. The number of nitrogens with zero attached hydrogens (tertiary/aromatic N) is 1. The molecule has 0 N–H and O–H groups in total. The van der Waals surface area contributed by atoms with E-state index in [1.807, 2.05) is 13.8 Å². The van der Waals surface area contributed by atoms with Crippen LogP contribution in [-0.2, 0) is 0 Å². The van der Waals surface area contributed by atoms with Gasteiger partial charge in [-0.25, -0.2) is 0 Å².